The molecule has 2 aromatic rings. The zero-order chi connectivity index (χ0) is 18.0. The fraction of sp³-hybridized carbons (Fsp3) is 0.143. The number of allylic oxidation sites excluding steroid dienone is 2. The summed E-state index contributed by atoms with van der Waals surface area (Å²) in [5.74, 6) is 0.166. The van der Waals surface area contributed by atoms with E-state index in [4.69, 9.17) is 10.00 Å². The van der Waals surface area contributed by atoms with E-state index in [1.54, 1.807) is 23.9 Å². The molecule has 0 aromatic heterocycles. The molecule has 1 aliphatic rings. The van der Waals surface area contributed by atoms with Crippen LogP contribution in [0.25, 0.3) is 17.4 Å². The van der Waals surface area contributed by atoms with Gasteiger partial charge in [0.05, 0.1) is 11.6 Å². The highest BCUT2D eigenvalue weighted by Gasteiger charge is 2.26. The van der Waals surface area contributed by atoms with Crippen LogP contribution in [0.1, 0.15) is 36.1 Å². The first-order valence-electron chi connectivity index (χ1n) is 7.84. The number of nitriles is 1. The first kappa shape index (κ1) is 17.1. The van der Waals surface area contributed by atoms with Gasteiger partial charge in [0, 0.05) is 23.0 Å². The predicted molar refractivity (Wildman–Crippen MR) is 102 cm³/mol. The van der Waals surface area contributed by atoms with E-state index in [-0.39, 0.29) is 5.97 Å². The minimum atomic E-state index is -0.367. The van der Waals surface area contributed by atoms with Crippen LogP contribution in [-0.4, -0.2) is 12.2 Å². The molecule has 0 saturated carbocycles. The Morgan fingerprint density at radius 2 is 1.88 bits per heavy atom. The summed E-state index contributed by atoms with van der Waals surface area (Å²) in [6.07, 6.45) is 4.13. The lowest BCUT2D eigenvalue weighted by Crippen LogP contribution is -1.98. The van der Waals surface area contributed by atoms with Crippen LogP contribution in [0.15, 0.2) is 52.9 Å². The molecule has 0 spiro atoms. The van der Waals surface area contributed by atoms with E-state index in [0.717, 1.165) is 27.8 Å². The van der Waals surface area contributed by atoms with Crippen LogP contribution < -0.4 is 0 Å². The van der Waals surface area contributed by atoms with Crippen LogP contribution in [0.2, 0.25) is 0 Å². The number of hydrogen-bond donors (Lipinski definition) is 0. The van der Waals surface area contributed by atoms with Crippen molar-refractivity contribution in [2.75, 3.05) is 6.26 Å². The Labute approximate surface area is 151 Å². The summed E-state index contributed by atoms with van der Waals surface area (Å²) in [7, 11) is 0. The molecule has 0 amide bonds. The predicted octanol–water partition coefficient (Wildman–Crippen LogP) is 5.13. The first-order valence-corrected chi connectivity index (χ1v) is 9.06. The Morgan fingerprint density at radius 1 is 1.16 bits per heavy atom. The highest BCUT2D eigenvalue weighted by atomic mass is 32.2. The molecule has 0 N–H and O–H groups in total. The largest absolute Gasteiger partial charge is 0.426 e. The standard InChI is InChI=1S/C21H17NO2S/c1-13-19(10-15-4-7-17(25-3)8-5-15)18-9-6-16(12-22)11-20(18)21(13)24-14(2)23/h4-11H,1-3H3. The number of fused-ring (bicyclic) bond motifs is 1. The molecule has 0 bridgehead atoms. The molecular formula is C21H17NO2S. The van der Waals surface area contributed by atoms with Gasteiger partial charge in [0.1, 0.15) is 5.76 Å². The molecule has 0 heterocycles. The van der Waals surface area contributed by atoms with Gasteiger partial charge in [0.15, 0.2) is 0 Å². The first-order chi connectivity index (χ1) is 12.0. The fourth-order valence-electron chi connectivity index (χ4n) is 2.89. The number of carbonyl (C=O) groups is 1. The van der Waals surface area contributed by atoms with Crippen molar-refractivity contribution in [2.45, 2.75) is 18.7 Å². The van der Waals surface area contributed by atoms with Crippen LogP contribution in [-0.2, 0) is 9.53 Å². The average Bonchev–Trinajstić information content (AvgIpc) is 2.87. The molecule has 0 unspecified atom stereocenters. The fourth-order valence-corrected chi connectivity index (χ4v) is 3.30. The molecule has 0 aliphatic heterocycles. The monoisotopic (exact) mass is 347 g/mol. The molecule has 0 atom stereocenters. The Bertz CT molecular complexity index is 947. The Balaban J connectivity index is 2.13. The van der Waals surface area contributed by atoms with Crippen molar-refractivity contribution in [2.24, 2.45) is 0 Å². The zero-order valence-electron chi connectivity index (χ0n) is 14.3. The van der Waals surface area contributed by atoms with Gasteiger partial charge in [-0.2, -0.15) is 5.26 Å². The number of nitrogens with zero attached hydrogens (tertiary/aromatic N) is 1. The highest BCUT2D eigenvalue weighted by molar-refractivity contribution is 7.98. The smallest absolute Gasteiger partial charge is 0.308 e. The van der Waals surface area contributed by atoms with Crippen LogP contribution in [0.4, 0.5) is 0 Å². The van der Waals surface area contributed by atoms with Gasteiger partial charge >= 0.3 is 5.97 Å². The summed E-state index contributed by atoms with van der Waals surface area (Å²) >= 11 is 1.70. The number of esters is 1. The highest BCUT2D eigenvalue weighted by Crippen LogP contribution is 2.43. The van der Waals surface area contributed by atoms with Crippen molar-refractivity contribution in [3.63, 3.8) is 0 Å². The molecule has 124 valence electrons. The summed E-state index contributed by atoms with van der Waals surface area (Å²) in [6.45, 7) is 3.32. The molecule has 0 saturated heterocycles. The molecule has 25 heavy (non-hydrogen) atoms. The summed E-state index contributed by atoms with van der Waals surface area (Å²) in [5, 5.41) is 9.16. The van der Waals surface area contributed by atoms with Gasteiger partial charge in [-0.25, -0.2) is 0 Å². The second kappa shape index (κ2) is 7.00. The van der Waals surface area contributed by atoms with Gasteiger partial charge < -0.3 is 4.74 Å². The number of thioether (sulfide) groups is 1. The van der Waals surface area contributed by atoms with E-state index >= 15 is 0 Å². The van der Waals surface area contributed by atoms with Crippen molar-refractivity contribution in [1.29, 1.82) is 5.26 Å². The Hall–Kier alpha value is -2.77. The average molecular weight is 347 g/mol. The summed E-state index contributed by atoms with van der Waals surface area (Å²) < 4.78 is 5.44. The van der Waals surface area contributed by atoms with Crippen molar-refractivity contribution >= 4 is 35.1 Å². The third-order valence-electron chi connectivity index (χ3n) is 4.10. The van der Waals surface area contributed by atoms with Crippen LogP contribution in [0.3, 0.4) is 0 Å². The second-order valence-corrected chi connectivity index (χ2v) is 6.63. The minimum Gasteiger partial charge on any atom is -0.426 e. The second-order valence-electron chi connectivity index (χ2n) is 5.75. The van der Waals surface area contributed by atoms with Crippen molar-refractivity contribution in [3.8, 4) is 6.07 Å². The van der Waals surface area contributed by atoms with Gasteiger partial charge in [-0.3, -0.25) is 4.79 Å². The summed E-state index contributed by atoms with van der Waals surface area (Å²) in [4.78, 5) is 12.7. The molecule has 0 radical (unpaired) electrons. The maximum Gasteiger partial charge on any atom is 0.308 e. The Morgan fingerprint density at radius 3 is 2.48 bits per heavy atom. The normalized spacial score (nSPS) is 14.4. The number of carbonyl (C=O) groups excluding carboxylic acids is 1. The van der Waals surface area contributed by atoms with E-state index in [1.807, 2.05) is 19.2 Å². The summed E-state index contributed by atoms with van der Waals surface area (Å²) in [5.41, 5.74) is 5.29. The lowest BCUT2D eigenvalue weighted by molar-refractivity contribution is -0.134. The molecule has 3 nitrogen and oxygen atoms in total. The van der Waals surface area contributed by atoms with Gasteiger partial charge in [0.2, 0.25) is 0 Å². The molecule has 2 aromatic carbocycles. The van der Waals surface area contributed by atoms with E-state index in [0.29, 0.717) is 11.3 Å². The summed E-state index contributed by atoms with van der Waals surface area (Å²) in [6, 6.07) is 15.9. The van der Waals surface area contributed by atoms with Gasteiger partial charge in [0.25, 0.3) is 0 Å². The number of hydrogen-bond acceptors (Lipinski definition) is 4. The maximum atomic E-state index is 11.5. The van der Waals surface area contributed by atoms with Crippen molar-refractivity contribution in [1.82, 2.24) is 0 Å². The van der Waals surface area contributed by atoms with E-state index < -0.39 is 0 Å². The molecule has 0 fully saturated rings. The third-order valence-corrected chi connectivity index (χ3v) is 4.84. The molecule has 4 heteroatoms. The quantitative estimate of drug-likeness (QED) is 0.570. The Kier molecular flexibility index (Phi) is 4.78. The minimum absolute atomic E-state index is 0.367. The molecular weight excluding hydrogens is 330 g/mol. The van der Waals surface area contributed by atoms with Crippen molar-refractivity contribution < 1.29 is 9.53 Å². The number of ether oxygens (including phenoxy) is 1. The van der Waals surface area contributed by atoms with Gasteiger partial charge in [-0.05, 0) is 60.2 Å². The number of rotatable bonds is 3. The maximum absolute atomic E-state index is 11.5. The number of benzene rings is 2. The van der Waals surface area contributed by atoms with Crippen LogP contribution in [0, 0.1) is 11.3 Å². The van der Waals surface area contributed by atoms with E-state index in [9.17, 15) is 4.79 Å². The van der Waals surface area contributed by atoms with Crippen LogP contribution in [0.5, 0.6) is 0 Å². The van der Waals surface area contributed by atoms with Crippen molar-refractivity contribution in [3.05, 3.63) is 70.3 Å². The van der Waals surface area contributed by atoms with E-state index in [2.05, 4.69) is 36.4 Å². The third kappa shape index (κ3) is 3.38. The van der Waals surface area contributed by atoms with Gasteiger partial charge in [-0.15, -0.1) is 11.8 Å². The SMILES string of the molecule is CSc1ccc(C=C2C(C)=C(OC(C)=O)c3cc(C#N)ccc32)cc1. The molecule has 3 rings (SSSR count). The lowest BCUT2D eigenvalue weighted by atomic mass is 9.99. The molecule has 1 aliphatic carbocycles. The van der Waals surface area contributed by atoms with E-state index in [1.165, 1.54) is 11.8 Å². The van der Waals surface area contributed by atoms with Crippen LogP contribution >= 0.6 is 11.8 Å². The lowest BCUT2D eigenvalue weighted by Gasteiger charge is -2.05. The van der Waals surface area contributed by atoms with Gasteiger partial charge in [-0.1, -0.05) is 18.2 Å². The topological polar surface area (TPSA) is 50.1 Å². The zero-order valence-corrected chi connectivity index (χ0v) is 15.1.